The summed E-state index contributed by atoms with van der Waals surface area (Å²) in [6, 6.07) is 9.37. The average molecular weight is 572 g/mol. The molecule has 3 aromatic rings. The summed E-state index contributed by atoms with van der Waals surface area (Å²) in [6.45, 7) is 0. The molecule has 0 aliphatic carbocycles. The Bertz CT molecular complexity index is 1050. The number of hydrogen-bond acceptors (Lipinski definition) is 8. The van der Waals surface area contributed by atoms with Gasteiger partial charge in [-0.25, -0.2) is 9.82 Å². The van der Waals surface area contributed by atoms with Gasteiger partial charge in [-0.2, -0.15) is 20.1 Å². The number of rotatable bonds is 6. The zero-order chi connectivity index (χ0) is 21.0. The zero-order valence-corrected chi connectivity index (χ0v) is 19.1. The van der Waals surface area contributed by atoms with Gasteiger partial charge in [0, 0.05) is 29.8 Å². The highest BCUT2D eigenvalue weighted by Crippen LogP contribution is 2.27. The smallest absolute Gasteiger partial charge is 0.250 e. The molecule has 29 heavy (non-hydrogen) atoms. The maximum absolute atomic E-state index is 13.1. The van der Waals surface area contributed by atoms with E-state index in [4.69, 9.17) is 0 Å². The third-order valence-corrected chi connectivity index (χ3v) is 4.83. The number of hydrazone groups is 1. The second kappa shape index (κ2) is 9.31. The van der Waals surface area contributed by atoms with Crippen molar-refractivity contribution in [3.63, 3.8) is 0 Å². The van der Waals surface area contributed by atoms with E-state index in [9.17, 15) is 9.50 Å². The van der Waals surface area contributed by atoms with E-state index in [1.165, 1.54) is 18.3 Å². The molecular formula is C18H16BrFIN7O. The number of anilines is 4. The van der Waals surface area contributed by atoms with Crippen LogP contribution in [0.3, 0.4) is 0 Å². The minimum atomic E-state index is -0.331. The first-order chi connectivity index (χ1) is 13.8. The third-order valence-electron chi connectivity index (χ3n) is 3.55. The Balaban J connectivity index is 1.83. The SMILES string of the molecule is CN(C)c1nc(N/N=C\c2cc(Br)cc(I)c2O)nc(Nc2ccc(F)cc2)n1. The van der Waals surface area contributed by atoms with Crippen LogP contribution in [-0.4, -0.2) is 40.4 Å². The molecule has 3 N–H and O–H groups in total. The van der Waals surface area contributed by atoms with Crippen molar-refractivity contribution in [3.8, 4) is 5.75 Å². The number of phenols is 1. The second-order valence-corrected chi connectivity index (χ2v) is 8.08. The third kappa shape index (κ3) is 5.73. The van der Waals surface area contributed by atoms with Gasteiger partial charge in [-0.3, -0.25) is 0 Å². The number of nitrogens with zero attached hydrogens (tertiary/aromatic N) is 5. The molecule has 1 aromatic heterocycles. The van der Waals surface area contributed by atoms with Gasteiger partial charge in [0.1, 0.15) is 11.6 Å². The highest BCUT2D eigenvalue weighted by molar-refractivity contribution is 14.1. The first-order valence-corrected chi connectivity index (χ1v) is 10.1. The highest BCUT2D eigenvalue weighted by atomic mass is 127. The maximum Gasteiger partial charge on any atom is 0.250 e. The quantitative estimate of drug-likeness (QED) is 0.230. The number of aromatic nitrogens is 3. The van der Waals surface area contributed by atoms with E-state index in [0.717, 1.165) is 4.47 Å². The fourth-order valence-electron chi connectivity index (χ4n) is 2.18. The van der Waals surface area contributed by atoms with Crippen LogP contribution < -0.4 is 15.6 Å². The van der Waals surface area contributed by atoms with Gasteiger partial charge in [-0.15, -0.1) is 0 Å². The average Bonchev–Trinajstić information content (AvgIpc) is 2.67. The molecule has 1 heterocycles. The molecule has 0 saturated heterocycles. The summed E-state index contributed by atoms with van der Waals surface area (Å²) < 4.78 is 14.6. The van der Waals surface area contributed by atoms with Crippen LogP contribution in [0.25, 0.3) is 0 Å². The Hall–Kier alpha value is -2.54. The van der Waals surface area contributed by atoms with Crippen LogP contribution in [-0.2, 0) is 0 Å². The van der Waals surface area contributed by atoms with Gasteiger partial charge in [0.2, 0.25) is 17.8 Å². The lowest BCUT2D eigenvalue weighted by Gasteiger charge is -2.13. The van der Waals surface area contributed by atoms with Crippen molar-refractivity contribution in [2.75, 3.05) is 29.7 Å². The van der Waals surface area contributed by atoms with Crippen molar-refractivity contribution in [1.82, 2.24) is 15.0 Å². The van der Waals surface area contributed by atoms with Crippen molar-refractivity contribution in [1.29, 1.82) is 0 Å². The van der Waals surface area contributed by atoms with Crippen LogP contribution in [0.5, 0.6) is 5.75 Å². The van der Waals surface area contributed by atoms with E-state index < -0.39 is 0 Å². The molecule has 0 fully saturated rings. The number of benzene rings is 2. The predicted octanol–water partition coefficient (Wildman–Crippen LogP) is 4.34. The molecule has 8 nitrogen and oxygen atoms in total. The second-order valence-electron chi connectivity index (χ2n) is 6.00. The molecule has 0 saturated carbocycles. The molecule has 0 aliphatic heterocycles. The van der Waals surface area contributed by atoms with E-state index in [1.54, 1.807) is 43.3 Å². The fourth-order valence-corrected chi connectivity index (χ4v) is 3.73. The predicted molar refractivity (Wildman–Crippen MR) is 124 cm³/mol. The van der Waals surface area contributed by atoms with Crippen molar-refractivity contribution < 1.29 is 9.50 Å². The number of aromatic hydroxyl groups is 1. The summed E-state index contributed by atoms with van der Waals surface area (Å²) in [6.07, 6.45) is 1.47. The lowest BCUT2D eigenvalue weighted by atomic mass is 10.2. The maximum atomic E-state index is 13.1. The lowest BCUT2D eigenvalue weighted by molar-refractivity contribution is 0.470. The molecule has 0 amide bonds. The van der Waals surface area contributed by atoms with Gasteiger partial charge < -0.3 is 15.3 Å². The topological polar surface area (TPSA) is 98.6 Å². The molecule has 11 heteroatoms. The molecule has 0 unspecified atom stereocenters. The van der Waals surface area contributed by atoms with Gasteiger partial charge in [-0.05, 0) is 59.0 Å². The first kappa shape index (κ1) is 21.2. The van der Waals surface area contributed by atoms with Gasteiger partial charge in [0.15, 0.2) is 0 Å². The molecule has 0 atom stereocenters. The molecule has 150 valence electrons. The van der Waals surface area contributed by atoms with Crippen LogP contribution in [0.15, 0.2) is 46.0 Å². The standard InChI is InChI=1S/C18H16BrFIN7O/c1-28(2)18-25-16(23-13-5-3-12(20)4-6-13)24-17(26-18)27-22-9-10-7-11(19)8-14(21)15(10)29/h3-9,29H,1-2H3,(H2,23,24,25,26,27)/b22-9-. The lowest BCUT2D eigenvalue weighted by Crippen LogP contribution is -2.15. The summed E-state index contributed by atoms with van der Waals surface area (Å²) in [5, 5.41) is 17.2. The van der Waals surface area contributed by atoms with Gasteiger partial charge >= 0.3 is 0 Å². The van der Waals surface area contributed by atoms with Crippen LogP contribution in [0.1, 0.15) is 5.56 Å². The number of nitrogens with one attached hydrogen (secondary N) is 2. The summed E-state index contributed by atoms with van der Waals surface area (Å²) in [4.78, 5) is 14.6. The summed E-state index contributed by atoms with van der Waals surface area (Å²) in [5.74, 6) is 0.675. The van der Waals surface area contributed by atoms with E-state index in [2.05, 4.69) is 46.7 Å². The molecule has 2 aromatic carbocycles. The van der Waals surface area contributed by atoms with Crippen LogP contribution in [0.4, 0.5) is 27.9 Å². The highest BCUT2D eigenvalue weighted by Gasteiger charge is 2.09. The molecule has 0 spiro atoms. The minimum Gasteiger partial charge on any atom is -0.506 e. The Kier molecular flexibility index (Phi) is 6.79. The van der Waals surface area contributed by atoms with Crippen LogP contribution >= 0.6 is 38.5 Å². The zero-order valence-electron chi connectivity index (χ0n) is 15.4. The summed E-state index contributed by atoms with van der Waals surface area (Å²) in [5.41, 5.74) is 3.90. The molecule has 3 rings (SSSR count). The molecule has 0 bridgehead atoms. The molecule has 0 radical (unpaired) electrons. The van der Waals surface area contributed by atoms with Crippen molar-refractivity contribution in [2.45, 2.75) is 0 Å². The first-order valence-electron chi connectivity index (χ1n) is 8.25. The van der Waals surface area contributed by atoms with Crippen molar-refractivity contribution in [3.05, 3.63) is 55.8 Å². The Morgan fingerprint density at radius 3 is 2.52 bits per heavy atom. The van der Waals surface area contributed by atoms with Crippen molar-refractivity contribution in [2.24, 2.45) is 5.10 Å². The van der Waals surface area contributed by atoms with Crippen LogP contribution in [0, 0.1) is 9.39 Å². The van der Waals surface area contributed by atoms with Crippen LogP contribution in [0.2, 0.25) is 0 Å². The van der Waals surface area contributed by atoms with E-state index in [-0.39, 0.29) is 23.5 Å². The van der Waals surface area contributed by atoms with E-state index in [1.807, 2.05) is 22.6 Å². The Morgan fingerprint density at radius 1 is 1.14 bits per heavy atom. The minimum absolute atomic E-state index is 0.127. The number of halogens is 3. The Morgan fingerprint density at radius 2 is 1.83 bits per heavy atom. The molecular weight excluding hydrogens is 556 g/mol. The normalized spacial score (nSPS) is 10.9. The summed E-state index contributed by atoms with van der Waals surface area (Å²) >= 11 is 5.42. The Labute approximate surface area is 188 Å². The largest absolute Gasteiger partial charge is 0.506 e. The van der Waals surface area contributed by atoms with Crippen molar-refractivity contribution >= 4 is 68.3 Å². The number of hydrogen-bond donors (Lipinski definition) is 3. The van der Waals surface area contributed by atoms with Gasteiger partial charge in [-0.1, -0.05) is 15.9 Å². The summed E-state index contributed by atoms with van der Waals surface area (Å²) in [7, 11) is 3.59. The van der Waals surface area contributed by atoms with E-state index in [0.29, 0.717) is 20.8 Å². The monoisotopic (exact) mass is 571 g/mol. The van der Waals surface area contributed by atoms with Gasteiger partial charge in [0.05, 0.1) is 9.78 Å². The fraction of sp³-hybridized carbons (Fsp3) is 0.111. The van der Waals surface area contributed by atoms with Gasteiger partial charge in [0.25, 0.3) is 0 Å². The molecule has 0 aliphatic rings. The van der Waals surface area contributed by atoms with E-state index >= 15 is 0 Å². The number of phenolic OH excluding ortho intramolecular Hbond substituents is 1.